The average Bonchev–Trinajstić information content (AvgIpc) is 3.07. The highest BCUT2D eigenvalue weighted by Gasteiger charge is 2.38. The molecule has 0 saturated heterocycles. The second-order valence-corrected chi connectivity index (χ2v) is 11.6. The Hall–Kier alpha value is -5.34. The zero-order valence-corrected chi connectivity index (χ0v) is 24.2. The number of anilines is 5. The van der Waals surface area contributed by atoms with E-state index in [2.05, 4.69) is 181 Å². The molecule has 1 atom stereocenters. The Kier molecular flexibility index (Phi) is 6.01. The molecule has 0 N–H and O–H groups in total. The zero-order valence-electron chi connectivity index (χ0n) is 24.2. The molecule has 1 aliphatic rings. The summed E-state index contributed by atoms with van der Waals surface area (Å²) in [7, 11) is 0. The van der Waals surface area contributed by atoms with Crippen molar-refractivity contribution < 1.29 is 0 Å². The summed E-state index contributed by atoms with van der Waals surface area (Å²) in [5.41, 5.74) is 6.94. The van der Waals surface area contributed by atoms with E-state index in [-0.39, 0.29) is 5.54 Å². The largest absolute Gasteiger partial charge is 0.331 e. The quantitative estimate of drug-likeness (QED) is 0.202. The van der Waals surface area contributed by atoms with Crippen molar-refractivity contribution in [3.8, 4) is 0 Å². The molecule has 0 radical (unpaired) electrons. The lowest BCUT2D eigenvalue weighted by molar-refractivity contribution is 0.500. The maximum atomic E-state index is 2.53. The predicted octanol–water partition coefficient (Wildman–Crippen LogP) is 10.4. The van der Waals surface area contributed by atoms with E-state index in [0.29, 0.717) is 0 Å². The van der Waals surface area contributed by atoms with Crippen LogP contribution in [-0.2, 0) is 5.54 Å². The Morgan fingerprint density at radius 3 is 1.56 bits per heavy atom. The molecule has 0 spiro atoms. The van der Waals surface area contributed by atoms with E-state index in [0.717, 1.165) is 17.8 Å². The van der Waals surface area contributed by atoms with Gasteiger partial charge in [-0.15, -0.1) is 0 Å². The van der Waals surface area contributed by atoms with Crippen LogP contribution >= 0.6 is 0 Å². The highest BCUT2D eigenvalue weighted by molar-refractivity contribution is 6.17. The fourth-order valence-electron chi connectivity index (χ4n) is 7.06. The van der Waals surface area contributed by atoms with Crippen molar-refractivity contribution in [3.05, 3.63) is 169 Å². The first kappa shape index (κ1) is 25.4. The van der Waals surface area contributed by atoms with E-state index in [1.54, 1.807) is 0 Å². The van der Waals surface area contributed by atoms with Gasteiger partial charge in [-0.3, -0.25) is 0 Å². The van der Waals surface area contributed by atoms with Crippen LogP contribution in [0.25, 0.3) is 27.6 Å². The average molecular weight is 553 g/mol. The van der Waals surface area contributed by atoms with E-state index < -0.39 is 0 Å². The predicted molar refractivity (Wildman–Crippen MR) is 183 cm³/mol. The summed E-state index contributed by atoms with van der Waals surface area (Å²) in [6.07, 6.45) is 3.35. The fourth-order valence-corrected chi connectivity index (χ4v) is 7.06. The lowest BCUT2D eigenvalue weighted by Gasteiger charge is -2.45. The maximum Gasteiger partial charge on any atom is 0.0715 e. The summed E-state index contributed by atoms with van der Waals surface area (Å²) in [5.74, 6) is 0. The minimum Gasteiger partial charge on any atom is -0.331 e. The smallest absolute Gasteiger partial charge is 0.0715 e. The Labute approximate surface area is 252 Å². The van der Waals surface area contributed by atoms with Gasteiger partial charge in [0.05, 0.1) is 11.2 Å². The molecule has 7 aromatic rings. The highest BCUT2D eigenvalue weighted by atomic mass is 15.2. The van der Waals surface area contributed by atoms with Gasteiger partial charge >= 0.3 is 0 Å². The molecule has 2 heteroatoms. The molecule has 0 aromatic heterocycles. The number of rotatable bonds is 6. The van der Waals surface area contributed by atoms with E-state index in [1.807, 2.05) is 0 Å². The van der Waals surface area contributed by atoms with Gasteiger partial charge in [-0.05, 0) is 94.9 Å². The maximum absolute atomic E-state index is 2.53. The van der Waals surface area contributed by atoms with Gasteiger partial charge in [-0.2, -0.15) is 0 Å². The third kappa shape index (κ3) is 4.10. The summed E-state index contributed by atoms with van der Waals surface area (Å²) in [6, 6.07) is 57.0. The van der Waals surface area contributed by atoms with Crippen LogP contribution in [0.1, 0.15) is 18.9 Å². The Morgan fingerprint density at radius 1 is 0.488 bits per heavy atom. The minimum atomic E-state index is -0.285. The molecule has 0 heterocycles. The van der Waals surface area contributed by atoms with Crippen LogP contribution < -0.4 is 15.0 Å². The van der Waals surface area contributed by atoms with Crippen molar-refractivity contribution in [3.63, 3.8) is 0 Å². The minimum absolute atomic E-state index is 0.285. The van der Waals surface area contributed by atoms with Crippen molar-refractivity contribution in [2.75, 3.05) is 9.80 Å². The van der Waals surface area contributed by atoms with Crippen LogP contribution in [0.4, 0.5) is 28.4 Å². The topological polar surface area (TPSA) is 6.48 Å². The van der Waals surface area contributed by atoms with Gasteiger partial charge in [0.25, 0.3) is 0 Å². The Bertz CT molecular complexity index is 2030. The van der Waals surface area contributed by atoms with Gasteiger partial charge in [0, 0.05) is 28.1 Å². The summed E-state index contributed by atoms with van der Waals surface area (Å²) in [4.78, 5) is 4.91. The van der Waals surface area contributed by atoms with Crippen molar-refractivity contribution in [2.24, 2.45) is 0 Å². The van der Waals surface area contributed by atoms with Gasteiger partial charge in [0.1, 0.15) is 0 Å². The molecule has 7 aromatic carbocycles. The van der Waals surface area contributed by atoms with E-state index in [1.165, 1.54) is 49.4 Å². The van der Waals surface area contributed by atoms with Gasteiger partial charge < -0.3 is 9.80 Å². The highest BCUT2D eigenvalue weighted by Crippen LogP contribution is 2.48. The third-order valence-corrected chi connectivity index (χ3v) is 9.01. The van der Waals surface area contributed by atoms with E-state index >= 15 is 0 Å². The molecule has 0 bridgehead atoms. The first-order chi connectivity index (χ1) is 21.2. The lowest BCUT2D eigenvalue weighted by atomic mass is 9.77. The number of para-hydroxylation sites is 4. The molecular weight excluding hydrogens is 520 g/mol. The van der Waals surface area contributed by atoms with Crippen LogP contribution in [0.15, 0.2) is 158 Å². The standard InChI is InChI=1S/C41H32N2/c1-41(43(34-18-10-4-11-19-34)35-20-12-5-13-21-35)29-28-31-22-25-36-38(27-24-30-23-26-37(41)40(31)39(30)36)42(32-14-6-2-7-15-32)33-16-8-3-9-17-33/h2-28H,29H2,1H3. The van der Waals surface area contributed by atoms with E-state index in [4.69, 9.17) is 0 Å². The molecule has 0 saturated carbocycles. The molecule has 8 rings (SSSR count). The molecule has 0 amide bonds. The monoisotopic (exact) mass is 552 g/mol. The van der Waals surface area contributed by atoms with Crippen LogP contribution in [0, 0.1) is 0 Å². The normalized spacial score (nSPS) is 15.7. The SMILES string of the molecule is CC1(N(c2ccccc2)c2ccccc2)CC=c2ccc3c(N(c4ccccc4)c4ccccc4)ccc4ccc1c2c43. The second-order valence-electron chi connectivity index (χ2n) is 11.6. The summed E-state index contributed by atoms with van der Waals surface area (Å²) in [6.45, 7) is 2.40. The van der Waals surface area contributed by atoms with Crippen molar-refractivity contribution in [2.45, 2.75) is 18.9 Å². The first-order valence-electron chi connectivity index (χ1n) is 15.0. The molecular formula is C41H32N2. The molecule has 0 aliphatic heterocycles. The van der Waals surface area contributed by atoms with Crippen molar-refractivity contribution in [1.82, 2.24) is 0 Å². The summed E-state index contributed by atoms with van der Waals surface area (Å²) < 4.78 is 0. The van der Waals surface area contributed by atoms with Crippen LogP contribution in [-0.4, -0.2) is 0 Å². The molecule has 43 heavy (non-hydrogen) atoms. The van der Waals surface area contributed by atoms with Crippen LogP contribution in [0.2, 0.25) is 0 Å². The number of nitrogens with zero attached hydrogens (tertiary/aromatic N) is 2. The number of hydrogen-bond acceptors (Lipinski definition) is 2. The fraction of sp³-hybridized carbons (Fsp3) is 0.0732. The number of hydrogen-bond donors (Lipinski definition) is 0. The molecule has 206 valence electrons. The lowest BCUT2D eigenvalue weighted by Crippen LogP contribution is -2.43. The first-order valence-corrected chi connectivity index (χ1v) is 15.0. The van der Waals surface area contributed by atoms with Gasteiger partial charge in [0.15, 0.2) is 0 Å². The molecule has 2 nitrogen and oxygen atoms in total. The summed E-state index contributed by atoms with van der Waals surface area (Å²) in [5, 5.41) is 6.52. The van der Waals surface area contributed by atoms with Crippen LogP contribution in [0.5, 0.6) is 0 Å². The Morgan fingerprint density at radius 2 is 1.00 bits per heavy atom. The third-order valence-electron chi connectivity index (χ3n) is 9.01. The van der Waals surface area contributed by atoms with Gasteiger partial charge in [-0.1, -0.05) is 109 Å². The Balaban J connectivity index is 1.40. The van der Waals surface area contributed by atoms with Gasteiger partial charge in [0.2, 0.25) is 0 Å². The van der Waals surface area contributed by atoms with Crippen molar-refractivity contribution in [1.29, 1.82) is 0 Å². The molecule has 1 aliphatic carbocycles. The van der Waals surface area contributed by atoms with Gasteiger partial charge in [-0.25, -0.2) is 0 Å². The van der Waals surface area contributed by atoms with E-state index in [9.17, 15) is 0 Å². The zero-order chi connectivity index (χ0) is 28.8. The molecule has 1 unspecified atom stereocenters. The molecule has 0 fully saturated rings. The second kappa shape index (κ2) is 10.2. The van der Waals surface area contributed by atoms with Crippen LogP contribution in [0.3, 0.4) is 0 Å². The number of benzene rings is 7. The van der Waals surface area contributed by atoms with Crippen molar-refractivity contribution >= 4 is 56.1 Å². The summed E-state index contributed by atoms with van der Waals surface area (Å²) >= 11 is 0.